The minimum absolute atomic E-state index is 0.462. The lowest BCUT2D eigenvalue weighted by molar-refractivity contribution is 0.585. The topological polar surface area (TPSA) is 34.9 Å². The fourth-order valence-corrected chi connectivity index (χ4v) is 4.30. The molecule has 0 amide bonds. The summed E-state index contributed by atoms with van der Waals surface area (Å²) in [5, 5.41) is 5.68. The molecule has 1 unspecified atom stereocenters. The minimum Gasteiger partial charge on any atom is -0.319 e. The molecule has 2 aromatic rings. The van der Waals surface area contributed by atoms with Crippen LogP contribution in [-0.4, -0.2) is 22.6 Å². The van der Waals surface area contributed by atoms with Gasteiger partial charge in [-0.3, -0.25) is 0 Å². The van der Waals surface area contributed by atoms with Gasteiger partial charge in [0, 0.05) is 17.2 Å². The predicted octanol–water partition coefficient (Wildman–Crippen LogP) is 4.56. The van der Waals surface area contributed by atoms with Crippen LogP contribution < -0.4 is 5.30 Å². The second-order valence-electron chi connectivity index (χ2n) is 6.54. The molecule has 0 radical (unpaired) electrons. The molecular formula is C18H27N2OP. The maximum atomic E-state index is 12.6. The van der Waals surface area contributed by atoms with E-state index in [9.17, 15) is 4.57 Å². The number of rotatable bonds is 4. The first kappa shape index (κ1) is 17.0. The van der Waals surface area contributed by atoms with E-state index in [0.717, 1.165) is 22.2 Å². The van der Waals surface area contributed by atoms with E-state index in [1.165, 1.54) is 11.3 Å². The summed E-state index contributed by atoms with van der Waals surface area (Å²) >= 11 is 0. The van der Waals surface area contributed by atoms with Crippen molar-refractivity contribution in [1.29, 1.82) is 0 Å². The Balaban J connectivity index is 2.56. The van der Waals surface area contributed by atoms with Gasteiger partial charge >= 0.3 is 0 Å². The average molecular weight is 318 g/mol. The largest absolute Gasteiger partial charge is 0.319 e. The Kier molecular flexibility index (Phi) is 4.67. The molecule has 120 valence electrons. The molecule has 0 bridgehead atoms. The summed E-state index contributed by atoms with van der Waals surface area (Å²) in [5.74, 6) is 0.462. The highest BCUT2D eigenvalue weighted by Crippen LogP contribution is 2.39. The molecule has 3 nitrogen and oxygen atoms in total. The van der Waals surface area contributed by atoms with Crippen molar-refractivity contribution in [3.63, 3.8) is 0 Å². The summed E-state index contributed by atoms with van der Waals surface area (Å²) in [4.78, 5) is 0. The number of aryl methyl sites for hydroxylation is 2. The molecule has 0 aliphatic heterocycles. The number of aromatic nitrogens is 2. The van der Waals surface area contributed by atoms with Gasteiger partial charge in [-0.25, -0.2) is 4.68 Å². The second kappa shape index (κ2) is 6.04. The van der Waals surface area contributed by atoms with Crippen molar-refractivity contribution in [2.24, 2.45) is 0 Å². The second-order valence-corrected chi connectivity index (χ2v) is 9.89. The van der Waals surface area contributed by atoms with Crippen LogP contribution in [0.5, 0.6) is 0 Å². The molecule has 0 aliphatic rings. The Hall–Kier alpha value is -1.34. The van der Waals surface area contributed by atoms with Crippen molar-refractivity contribution in [2.45, 2.75) is 47.5 Å². The Labute approximate surface area is 134 Å². The normalized spacial score (nSPS) is 14.4. The van der Waals surface area contributed by atoms with Crippen LogP contribution in [0.15, 0.2) is 18.2 Å². The van der Waals surface area contributed by atoms with E-state index in [0.29, 0.717) is 12.1 Å². The quantitative estimate of drug-likeness (QED) is 0.775. The van der Waals surface area contributed by atoms with Gasteiger partial charge in [0.15, 0.2) is 0 Å². The van der Waals surface area contributed by atoms with Gasteiger partial charge in [0.05, 0.1) is 11.4 Å². The third-order valence-corrected chi connectivity index (χ3v) is 7.06. The molecule has 2 rings (SSSR count). The van der Waals surface area contributed by atoms with E-state index in [1.807, 2.05) is 24.3 Å². The van der Waals surface area contributed by atoms with E-state index < -0.39 is 7.14 Å². The highest BCUT2D eigenvalue weighted by Gasteiger charge is 2.19. The zero-order chi connectivity index (χ0) is 16.7. The SMILES string of the molecule is CCP(C)(=O)c1ccc(-n2nc(C)c(C(C)C)c2C)c(C)c1. The molecule has 0 N–H and O–H groups in total. The number of hydrogen-bond acceptors (Lipinski definition) is 2. The van der Waals surface area contributed by atoms with Gasteiger partial charge in [-0.15, -0.1) is 0 Å². The average Bonchev–Trinajstić information content (AvgIpc) is 2.73. The van der Waals surface area contributed by atoms with Crippen LogP contribution in [-0.2, 0) is 4.57 Å². The molecule has 1 aromatic carbocycles. The lowest BCUT2D eigenvalue weighted by Gasteiger charge is -2.15. The maximum Gasteiger partial charge on any atom is 0.112 e. The fourth-order valence-electron chi connectivity index (χ4n) is 3.08. The van der Waals surface area contributed by atoms with Gasteiger partial charge in [-0.2, -0.15) is 5.10 Å². The first-order chi connectivity index (χ1) is 10.2. The zero-order valence-electron chi connectivity index (χ0n) is 14.8. The third-order valence-electron chi connectivity index (χ3n) is 4.48. The first-order valence-corrected chi connectivity index (χ1v) is 10.3. The first-order valence-electron chi connectivity index (χ1n) is 7.93. The number of benzene rings is 1. The van der Waals surface area contributed by atoms with E-state index in [-0.39, 0.29) is 0 Å². The van der Waals surface area contributed by atoms with Gasteiger partial charge in [-0.05, 0) is 62.7 Å². The van der Waals surface area contributed by atoms with Crippen LogP contribution in [0, 0.1) is 20.8 Å². The molecule has 1 heterocycles. The Bertz CT molecular complexity index is 744. The Morgan fingerprint density at radius 3 is 2.32 bits per heavy atom. The van der Waals surface area contributed by atoms with Crippen molar-refractivity contribution >= 4 is 12.4 Å². The van der Waals surface area contributed by atoms with Crippen molar-refractivity contribution in [3.05, 3.63) is 40.7 Å². The monoisotopic (exact) mass is 318 g/mol. The summed E-state index contributed by atoms with van der Waals surface area (Å²) in [6, 6.07) is 6.11. The molecule has 4 heteroatoms. The maximum absolute atomic E-state index is 12.6. The van der Waals surface area contributed by atoms with E-state index in [4.69, 9.17) is 5.10 Å². The van der Waals surface area contributed by atoms with Crippen LogP contribution >= 0.6 is 7.14 Å². The lowest BCUT2D eigenvalue weighted by Crippen LogP contribution is -2.10. The molecular weight excluding hydrogens is 291 g/mol. The van der Waals surface area contributed by atoms with Crippen LogP contribution in [0.25, 0.3) is 5.69 Å². The predicted molar refractivity (Wildman–Crippen MR) is 95.6 cm³/mol. The van der Waals surface area contributed by atoms with Gasteiger partial charge in [0.25, 0.3) is 0 Å². The molecule has 1 atom stereocenters. The van der Waals surface area contributed by atoms with Crippen molar-refractivity contribution in [3.8, 4) is 5.69 Å². The molecule has 0 spiro atoms. The van der Waals surface area contributed by atoms with Crippen molar-refractivity contribution in [2.75, 3.05) is 12.8 Å². The van der Waals surface area contributed by atoms with Crippen LogP contribution in [0.4, 0.5) is 0 Å². The van der Waals surface area contributed by atoms with Gasteiger partial charge in [-0.1, -0.05) is 20.8 Å². The van der Waals surface area contributed by atoms with Gasteiger partial charge in [0.1, 0.15) is 7.14 Å². The van der Waals surface area contributed by atoms with Crippen LogP contribution in [0.2, 0.25) is 0 Å². The van der Waals surface area contributed by atoms with Gasteiger partial charge < -0.3 is 4.57 Å². The van der Waals surface area contributed by atoms with E-state index in [2.05, 4.69) is 46.8 Å². The summed E-state index contributed by atoms with van der Waals surface area (Å²) < 4.78 is 14.6. The summed E-state index contributed by atoms with van der Waals surface area (Å²) in [7, 11) is -2.23. The summed E-state index contributed by atoms with van der Waals surface area (Å²) in [5.41, 5.74) is 5.80. The molecule has 0 fully saturated rings. The third kappa shape index (κ3) is 2.92. The molecule has 0 saturated carbocycles. The molecule has 0 saturated heterocycles. The minimum atomic E-state index is -2.23. The summed E-state index contributed by atoms with van der Waals surface area (Å²) in [6.45, 7) is 14.5. The van der Waals surface area contributed by atoms with Crippen LogP contribution in [0.1, 0.15) is 49.2 Å². The molecule has 1 aromatic heterocycles. The lowest BCUT2D eigenvalue weighted by atomic mass is 10.0. The highest BCUT2D eigenvalue weighted by molar-refractivity contribution is 7.70. The zero-order valence-corrected chi connectivity index (χ0v) is 15.7. The summed E-state index contributed by atoms with van der Waals surface area (Å²) in [6.07, 6.45) is 0.698. The fraction of sp³-hybridized carbons (Fsp3) is 0.500. The number of hydrogen-bond donors (Lipinski definition) is 0. The van der Waals surface area contributed by atoms with Crippen molar-refractivity contribution in [1.82, 2.24) is 9.78 Å². The molecule has 0 aliphatic carbocycles. The van der Waals surface area contributed by atoms with Gasteiger partial charge in [0.2, 0.25) is 0 Å². The van der Waals surface area contributed by atoms with E-state index in [1.54, 1.807) is 0 Å². The van der Waals surface area contributed by atoms with Crippen LogP contribution in [0.3, 0.4) is 0 Å². The van der Waals surface area contributed by atoms with E-state index >= 15 is 0 Å². The highest BCUT2D eigenvalue weighted by atomic mass is 31.2. The smallest absolute Gasteiger partial charge is 0.112 e. The Morgan fingerprint density at radius 1 is 1.23 bits per heavy atom. The number of nitrogens with zero attached hydrogens (tertiary/aromatic N) is 2. The molecule has 22 heavy (non-hydrogen) atoms. The Morgan fingerprint density at radius 2 is 1.86 bits per heavy atom. The van der Waals surface area contributed by atoms with Crippen molar-refractivity contribution < 1.29 is 4.57 Å². The standard InChI is InChI=1S/C18H27N2OP/c1-8-22(7,21)16-9-10-17(13(4)11-16)20-15(6)18(12(2)3)14(5)19-20/h9-12H,8H2,1-7H3.